The predicted molar refractivity (Wildman–Crippen MR) is 70.0 cm³/mol. The van der Waals surface area contributed by atoms with Crippen molar-refractivity contribution in [2.75, 3.05) is 6.61 Å². The van der Waals surface area contributed by atoms with Crippen LogP contribution in [0.25, 0.3) is 0 Å². The number of ether oxygens (including phenoxy) is 2. The largest absolute Gasteiger partial charge is 0.462 e. The highest BCUT2D eigenvalue weighted by molar-refractivity contribution is 5.84. The number of esters is 2. The summed E-state index contributed by atoms with van der Waals surface area (Å²) < 4.78 is 10.4. The summed E-state index contributed by atoms with van der Waals surface area (Å²) in [4.78, 5) is 23.6. The molecule has 0 aromatic carbocycles. The quantitative estimate of drug-likeness (QED) is 0.730. The van der Waals surface area contributed by atoms with Crippen molar-refractivity contribution in [1.29, 1.82) is 0 Å². The van der Waals surface area contributed by atoms with Crippen LogP contribution < -0.4 is 0 Å². The third kappa shape index (κ3) is 6.03. The Morgan fingerprint density at radius 1 is 0.833 bits per heavy atom. The molecule has 0 fully saturated rings. The van der Waals surface area contributed by atoms with E-state index in [2.05, 4.69) is 0 Å². The third-order valence-corrected chi connectivity index (χ3v) is 2.09. The Kier molecular flexibility index (Phi) is 4.98. The average Bonchev–Trinajstić information content (AvgIpc) is 2.10. The van der Waals surface area contributed by atoms with Crippen LogP contribution >= 0.6 is 0 Å². The first-order chi connectivity index (χ1) is 7.76. The highest BCUT2D eigenvalue weighted by Gasteiger charge is 2.37. The molecule has 0 aliphatic heterocycles. The van der Waals surface area contributed by atoms with Gasteiger partial charge in [-0.3, -0.25) is 4.79 Å². The van der Waals surface area contributed by atoms with Crippen molar-refractivity contribution in [2.45, 2.75) is 61.0 Å². The van der Waals surface area contributed by atoms with Gasteiger partial charge < -0.3 is 9.47 Å². The summed E-state index contributed by atoms with van der Waals surface area (Å²) in [6, 6.07) is 0. The number of carbonyl (C=O) groups excluding carboxylic acids is 2. The molecular formula is C14H26O4. The van der Waals surface area contributed by atoms with Gasteiger partial charge in [-0.25, -0.2) is 4.79 Å². The first-order valence-corrected chi connectivity index (χ1v) is 6.16. The Bertz CT molecular complexity index is 316. The molecule has 0 rings (SSSR count). The van der Waals surface area contributed by atoms with Gasteiger partial charge in [-0.05, 0) is 40.0 Å². The molecule has 0 aromatic rings. The zero-order chi connectivity index (χ0) is 14.8. The van der Waals surface area contributed by atoms with Crippen molar-refractivity contribution < 1.29 is 19.1 Å². The Hall–Kier alpha value is -1.06. The van der Waals surface area contributed by atoms with Gasteiger partial charge in [0.2, 0.25) is 5.60 Å². The van der Waals surface area contributed by atoms with Gasteiger partial charge in [0.05, 0.1) is 12.0 Å². The minimum Gasteiger partial charge on any atom is -0.462 e. The molecule has 0 radical (unpaired) electrons. The van der Waals surface area contributed by atoms with Crippen LogP contribution in [0.5, 0.6) is 0 Å². The van der Waals surface area contributed by atoms with E-state index in [0.29, 0.717) is 6.61 Å². The molecule has 0 aliphatic rings. The molecular weight excluding hydrogens is 232 g/mol. The van der Waals surface area contributed by atoms with Crippen LogP contribution in [-0.4, -0.2) is 24.1 Å². The lowest BCUT2D eigenvalue weighted by Gasteiger charge is -2.28. The van der Waals surface area contributed by atoms with Gasteiger partial charge in [0.15, 0.2) is 0 Å². The Labute approximate surface area is 110 Å². The Morgan fingerprint density at radius 3 is 1.61 bits per heavy atom. The van der Waals surface area contributed by atoms with Crippen molar-refractivity contribution in [3.05, 3.63) is 0 Å². The van der Waals surface area contributed by atoms with E-state index < -0.39 is 23.0 Å². The molecule has 0 N–H and O–H groups in total. The van der Waals surface area contributed by atoms with E-state index in [1.165, 1.54) is 0 Å². The van der Waals surface area contributed by atoms with E-state index in [1.807, 2.05) is 20.8 Å². The molecule has 0 aliphatic carbocycles. The molecule has 0 amide bonds. The van der Waals surface area contributed by atoms with Crippen molar-refractivity contribution in [3.63, 3.8) is 0 Å². The van der Waals surface area contributed by atoms with Gasteiger partial charge in [-0.1, -0.05) is 20.8 Å². The van der Waals surface area contributed by atoms with Gasteiger partial charge in [-0.15, -0.1) is 0 Å². The minimum atomic E-state index is -1.25. The smallest absolute Gasteiger partial charge is 0.350 e. The first-order valence-electron chi connectivity index (χ1n) is 6.16. The standard InChI is InChI=1S/C14H26O4/c1-12(2,3)9-17-11(16)14(7,8)18-10(15)13(4,5)6/h9H2,1-8H3. The number of rotatable bonds is 3. The summed E-state index contributed by atoms with van der Waals surface area (Å²) >= 11 is 0. The molecule has 106 valence electrons. The molecule has 18 heavy (non-hydrogen) atoms. The number of hydrogen-bond acceptors (Lipinski definition) is 4. The molecule has 0 saturated carbocycles. The predicted octanol–water partition coefficient (Wildman–Crippen LogP) is 2.94. The Morgan fingerprint density at radius 2 is 1.28 bits per heavy atom. The summed E-state index contributed by atoms with van der Waals surface area (Å²) in [6.45, 7) is 14.5. The normalized spacial score (nSPS) is 13.1. The highest BCUT2D eigenvalue weighted by atomic mass is 16.6. The highest BCUT2D eigenvalue weighted by Crippen LogP contribution is 2.22. The van der Waals surface area contributed by atoms with Crippen LogP contribution in [-0.2, 0) is 19.1 Å². The lowest BCUT2D eigenvalue weighted by Crippen LogP contribution is -2.42. The second-order valence-electron chi connectivity index (χ2n) is 7.29. The lowest BCUT2D eigenvalue weighted by molar-refractivity contribution is -0.185. The van der Waals surface area contributed by atoms with Crippen molar-refractivity contribution in [2.24, 2.45) is 10.8 Å². The molecule has 0 saturated heterocycles. The van der Waals surface area contributed by atoms with Crippen LogP contribution in [0.4, 0.5) is 0 Å². The van der Waals surface area contributed by atoms with Gasteiger partial charge in [-0.2, -0.15) is 0 Å². The van der Waals surface area contributed by atoms with E-state index in [1.54, 1.807) is 34.6 Å². The molecule has 0 bridgehead atoms. The van der Waals surface area contributed by atoms with Crippen LogP contribution in [0.2, 0.25) is 0 Å². The van der Waals surface area contributed by atoms with E-state index in [0.717, 1.165) is 0 Å². The molecule has 4 nitrogen and oxygen atoms in total. The molecule has 0 atom stereocenters. The topological polar surface area (TPSA) is 52.6 Å². The second-order valence-corrected chi connectivity index (χ2v) is 7.29. The average molecular weight is 258 g/mol. The van der Waals surface area contributed by atoms with Gasteiger partial charge in [0.25, 0.3) is 0 Å². The molecule has 0 unspecified atom stereocenters. The minimum absolute atomic E-state index is 0.111. The lowest BCUT2D eigenvalue weighted by atomic mass is 9.96. The molecule has 0 aromatic heterocycles. The third-order valence-electron chi connectivity index (χ3n) is 2.09. The van der Waals surface area contributed by atoms with Crippen LogP contribution in [0.15, 0.2) is 0 Å². The summed E-state index contributed by atoms with van der Waals surface area (Å²) in [5, 5.41) is 0. The molecule has 0 heterocycles. The fraction of sp³-hybridized carbons (Fsp3) is 0.857. The zero-order valence-corrected chi connectivity index (χ0v) is 12.8. The van der Waals surface area contributed by atoms with E-state index in [-0.39, 0.29) is 5.41 Å². The van der Waals surface area contributed by atoms with Crippen molar-refractivity contribution in [1.82, 2.24) is 0 Å². The van der Waals surface area contributed by atoms with Gasteiger partial charge in [0.1, 0.15) is 0 Å². The van der Waals surface area contributed by atoms with Crippen LogP contribution in [0.3, 0.4) is 0 Å². The summed E-state index contributed by atoms with van der Waals surface area (Å²) in [5.41, 5.74) is -2.00. The fourth-order valence-electron chi connectivity index (χ4n) is 0.882. The zero-order valence-electron chi connectivity index (χ0n) is 12.8. The van der Waals surface area contributed by atoms with Gasteiger partial charge in [0, 0.05) is 0 Å². The van der Waals surface area contributed by atoms with Crippen LogP contribution in [0, 0.1) is 10.8 Å². The maximum Gasteiger partial charge on any atom is 0.350 e. The maximum atomic E-state index is 11.9. The Balaban J connectivity index is 4.55. The summed E-state index contributed by atoms with van der Waals surface area (Å²) in [6.07, 6.45) is 0. The number of carbonyl (C=O) groups is 2. The second kappa shape index (κ2) is 5.29. The molecule has 0 spiro atoms. The number of hydrogen-bond donors (Lipinski definition) is 0. The monoisotopic (exact) mass is 258 g/mol. The summed E-state index contributed by atoms with van der Waals surface area (Å²) in [5.74, 6) is -0.935. The van der Waals surface area contributed by atoms with Gasteiger partial charge >= 0.3 is 11.9 Å². The SMILES string of the molecule is CC(C)(C)COC(=O)C(C)(C)OC(=O)C(C)(C)C. The van der Waals surface area contributed by atoms with E-state index in [4.69, 9.17) is 9.47 Å². The fourth-order valence-corrected chi connectivity index (χ4v) is 0.882. The first kappa shape index (κ1) is 16.9. The van der Waals surface area contributed by atoms with Crippen molar-refractivity contribution in [3.8, 4) is 0 Å². The van der Waals surface area contributed by atoms with E-state index in [9.17, 15) is 9.59 Å². The maximum absolute atomic E-state index is 11.9. The van der Waals surface area contributed by atoms with E-state index >= 15 is 0 Å². The van der Waals surface area contributed by atoms with Crippen molar-refractivity contribution >= 4 is 11.9 Å². The summed E-state index contributed by atoms with van der Waals surface area (Å²) in [7, 11) is 0. The van der Waals surface area contributed by atoms with Crippen LogP contribution in [0.1, 0.15) is 55.4 Å². The molecule has 4 heteroatoms.